The molecule has 0 saturated heterocycles. The summed E-state index contributed by atoms with van der Waals surface area (Å²) < 4.78 is 0. The summed E-state index contributed by atoms with van der Waals surface area (Å²) in [6, 6.07) is 0. The summed E-state index contributed by atoms with van der Waals surface area (Å²) in [5, 5.41) is 8.50. The quantitative estimate of drug-likeness (QED) is 0.479. The van der Waals surface area contributed by atoms with E-state index in [0.717, 1.165) is 19.5 Å². The summed E-state index contributed by atoms with van der Waals surface area (Å²) in [5.74, 6) is 0. The van der Waals surface area contributed by atoms with Gasteiger partial charge in [0.05, 0.1) is 5.70 Å². The normalized spacial score (nSPS) is 9.36. The number of unbranched alkanes of at least 4 members (excludes halogenated alkanes) is 1. The molecule has 14 heavy (non-hydrogen) atoms. The zero-order valence-corrected chi connectivity index (χ0v) is 10.3. The van der Waals surface area contributed by atoms with Gasteiger partial charge >= 0.3 is 0 Å². The summed E-state index contributed by atoms with van der Waals surface area (Å²) in [6.07, 6.45) is 5.61. The first-order valence-electron chi connectivity index (χ1n) is 5.20. The highest BCUT2D eigenvalue weighted by molar-refractivity contribution is 8.01. The maximum Gasteiger partial charge on any atom is 0.0543 e. The van der Waals surface area contributed by atoms with Gasteiger partial charge in [0.25, 0.3) is 0 Å². The van der Waals surface area contributed by atoms with Gasteiger partial charge in [0.15, 0.2) is 0 Å². The lowest BCUT2D eigenvalue weighted by molar-refractivity contribution is 0.652. The van der Waals surface area contributed by atoms with Crippen molar-refractivity contribution in [2.24, 2.45) is 0 Å². The van der Waals surface area contributed by atoms with Crippen LogP contribution < -0.4 is 10.6 Å². The Kier molecular flexibility index (Phi) is 10.4. The van der Waals surface area contributed by atoms with E-state index >= 15 is 0 Å². The third-order valence-corrected chi connectivity index (χ3v) is 2.20. The van der Waals surface area contributed by atoms with Gasteiger partial charge in [-0.2, -0.15) is 0 Å². The number of allylic oxidation sites excluding steroid dienone is 1. The zero-order chi connectivity index (χ0) is 10.6. The molecule has 0 radical (unpaired) electrons. The van der Waals surface area contributed by atoms with Crippen molar-refractivity contribution >= 4 is 11.8 Å². The summed E-state index contributed by atoms with van der Waals surface area (Å²) in [7, 11) is 1.99. The third kappa shape index (κ3) is 8.24. The average molecular weight is 214 g/mol. The standard InChI is InChI=1S/C11H22N2S/c1-4-13-11(8-10-14-3)7-5-6-9-12-2/h10,12-13H,4-7,9H2,1-3H3. The van der Waals surface area contributed by atoms with Crippen LogP contribution in [0.15, 0.2) is 16.8 Å². The third-order valence-electron chi connectivity index (χ3n) is 1.84. The summed E-state index contributed by atoms with van der Waals surface area (Å²) in [5.41, 5.74) is 4.50. The largest absolute Gasteiger partial charge is 0.382 e. The Bertz CT molecular complexity index is 184. The molecule has 2 N–H and O–H groups in total. The van der Waals surface area contributed by atoms with E-state index in [1.807, 2.05) is 12.5 Å². The molecule has 0 aromatic carbocycles. The van der Waals surface area contributed by atoms with Crippen LogP contribution in [0.2, 0.25) is 0 Å². The Morgan fingerprint density at radius 2 is 2.21 bits per heavy atom. The van der Waals surface area contributed by atoms with Gasteiger partial charge in [0.1, 0.15) is 0 Å². The fourth-order valence-corrected chi connectivity index (χ4v) is 1.42. The van der Waals surface area contributed by atoms with Gasteiger partial charge in [0.2, 0.25) is 0 Å². The first-order valence-corrected chi connectivity index (χ1v) is 6.49. The first-order chi connectivity index (χ1) is 6.85. The molecule has 0 aromatic heterocycles. The van der Waals surface area contributed by atoms with E-state index in [1.54, 1.807) is 11.8 Å². The Hall–Kier alpha value is -0.370. The van der Waals surface area contributed by atoms with Crippen molar-refractivity contribution in [3.63, 3.8) is 0 Å². The van der Waals surface area contributed by atoms with E-state index in [0.29, 0.717) is 0 Å². The SMILES string of the molecule is CCNC(=C=CSC)CCCCNC. The number of nitrogens with one attached hydrogen (secondary N) is 2. The van der Waals surface area contributed by atoms with Gasteiger partial charge < -0.3 is 10.6 Å². The number of rotatable bonds is 8. The van der Waals surface area contributed by atoms with Crippen LogP contribution in [-0.4, -0.2) is 26.4 Å². The maximum atomic E-state index is 3.33. The van der Waals surface area contributed by atoms with Crippen LogP contribution in [0.4, 0.5) is 0 Å². The molecule has 2 nitrogen and oxygen atoms in total. The molecular formula is C11H22N2S. The second-order valence-electron chi connectivity index (χ2n) is 3.07. The minimum Gasteiger partial charge on any atom is -0.382 e. The van der Waals surface area contributed by atoms with E-state index in [1.165, 1.54) is 18.5 Å². The molecule has 0 aliphatic rings. The molecule has 0 fully saturated rings. The molecule has 0 saturated carbocycles. The highest BCUT2D eigenvalue weighted by Gasteiger charge is 1.93. The van der Waals surface area contributed by atoms with Crippen LogP contribution in [0, 0.1) is 0 Å². The predicted octanol–water partition coefficient (Wildman–Crippen LogP) is 2.35. The molecule has 0 bridgehead atoms. The summed E-state index contributed by atoms with van der Waals surface area (Å²) >= 11 is 1.69. The smallest absolute Gasteiger partial charge is 0.0543 e. The van der Waals surface area contributed by atoms with Gasteiger partial charge in [-0.05, 0) is 46.0 Å². The van der Waals surface area contributed by atoms with Crippen LogP contribution in [0.1, 0.15) is 26.2 Å². The van der Waals surface area contributed by atoms with Crippen molar-refractivity contribution in [1.29, 1.82) is 0 Å². The Labute approximate surface area is 92.2 Å². The van der Waals surface area contributed by atoms with Crippen LogP contribution in [0.3, 0.4) is 0 Å². The van der Waals surface area contributed by atoms with Gasteiger partial charge in [-0.15, -0.1) is 11.8 Å². The van der Waals surface area contributed by atoms with Gasteiger partial charge in [-0.25, -0.2) is 0 Å². The van der Waals surface area contributed by atoms with Crippen molar-refractivity contribution in [3.05, 3.63) is 16.8 Å². The van der Waals surface area contributed by atoms with Crippen molar-refractivity contribution in [1.82, 2.24) is 10.6 Å². The molecule has 0 heterocycles. The molecule has 0 amide bonds. The lowest BCUT2D eigenvalue weighted by Crippen LogP contribution is -2.12. The van der Waals surface area contributed by atoms with Crippen molar-refractivity contribution in [2.45, 2.75) is 26.2 Å². The second-order valence-corrected chi connectivity index (χ2v) is 3.77. The first kappa shape index (κ1) is 13.6. The molecule has 0 aliphatic heterocycles. The molecule has 0 unspecified atom stereocenters. The van der Waals surface area contributed by atoms with Crippen molar-refractivity contribution in [3.8, 4) is 0 Å². The van der Waals surface area contributed by atoms with Crippen molar-refractivity contribution < 1.29 is 0 Å². The fourth-order valence-electron chi connectivity index (χ4n) is 1.16. The molecule has 0 aromatic rings. The Morgan fingerprint density at radius 3 is 2.79 bits per heavy atom. The average Bonchev–Trinajstić information content (AvgIpc) is 2.20. The molecule has 0 spiro atoms. The number of hydrogen-bond donors (Lipinski definition) is 2. The topological polar surface area (TPSA) is 24.1 Å². The lowest BCUT2D eigenvalue weighted by atomic mass is 10.2. The monoisotopic (exact) mass is 214 g/mol. The molecule has 0 aliphatic carbocycles. The molecule has 82 valence electrons. The Morgan fingerprint density at radius 1 is 1.43 bits per heavy atom. The van der Waals surface area contributed by atoms with Crippen molar-refractivity contribution in [2.75, 3.05) is 26.4 Å². The van der Waals surface area contributed by atoms with Gasteiger partial charge in [-0.1, -0.05) is 5.73 Å². The zero-order valence-electron chi connectivity index (χ0n) is 9.52. The van der Waals surface area contributed by atoms with E-state index in [-0.39, 0.29) is 0 Å². The lowest BCUT2D eigenvalue weighted by Gasteiger charge is -2.05. The highest BCUT2D eigenvalue weighted by Crippen LogP contribution is 2.03. The molecular weight excluding hydrogens is 192 g/mol. The summed E-state index contributed by atoms with van der Waals surface area (Å²) in [4.78, 5) is 0. The minimum absolute atomic E-state index is 0.983. The predicted molar refractivity (Wildman–Crippen MR) is 66.6 cm³/mol. The fraction of sp³-hybridized carbons (Fsp3) is 0.727. The molecule has 0 rings (SSSR count). The van der Waals surface area contributed by atoms with Crippen LogP contribution in [0.5, 0.6) is 0 Å². The van der Waals surface area contributed by atoms with Gasteiger partial charge in [-0.3, -0.25) is 0 Å². The minimum atomic E-state index is 0.983. The Balaban J connectivity index is 3.79. The van der Waals surface area contributed by atoms with E-state index in [9.17, 15) is 0 Å². The maximum absolute atomic E-state index is 3.33. The number of thioether (sulfide) groups is 1. The molecule has 0 atom stereocenters. The van der Waals surface area contributed by atoms with E-state index in [4.69, 9.17) is 0 Å². The number of hydrogen-bond acceptors (Lipinski definition) is 3. The van der Waals surface area contributed by atoms with Gasteiger partial charge in [0, 0.05) is 12.0 Å². The van der Waals surface area contributed by atoms with Crippen LogP contribution in [0.25, 0.3) is 0 Å². The van der Waals surface area contributed by atoms with E-state index < -0.39 is 0 Å². The molecule has 3 heteroatoms. The highest BCUT2D eigenvalue weighted by atomic mass is 32.2. The van der Waals surface area contributed by atoms with E-state index in [2.05, 4.69) is 29.5 Å². The van der Waals surface area contributed by atoms with Crippen LogP contribution in [-0.2, 0) is 0 Å². The second kappa shape index (κ2) is 10.7. The van der Waals surface area contributed by atoms with Crippen LogP contribution >= 0.6 is 11.8 Å². The summed E-state index contributed by atoms with van der Waals surface area (Å²) in [6.45, 7) is 4.20.